The van der Waals surface area contributed by atoms with E-state index in [1.807, 2.05) is 25.1 Å². The van der Waals surface area contributed by atoms with E-state index in [-0.39, 0.29) is 103 Å². The molecular formula is C7H6K2. The molecule has 1 aromatic carbocycles. The summed E-state index contributed by atoms with van der Waals surface area (Å²) in [6.45, 7) is 2.00. The number of benzene rings is 1. The molecule has 0 nitrogen and oxygen atoms in total. The maximum atomic E-state index is 3.00. The molecule has 1 rings (SSSR count). The third-order valence-corrected chi connectivity index (χ3v) is 0.790. The second-order valence-electron chi connectivity index (χ2n) is 1.47. The Labute approximate surface area is 142 Å². The third kappa shape index (κ3) is 6.87. The Morgan fingerprint density at radius 2 is 1.89 bits per heavy atom. The van der Waals surface area contributed by atoms with Crippen molar-refractivity contribution in [2.24, 2.45) is 0 Å². The molecular weight excluding hydrogens is 162 g/mol. The van der Waals surface area contributed by atoms with Crippen LogP contribution in [0.3, 0.4) is 0 Å². The van der Waals surface area contributed by atoms with Crippen molar-refractivity contribution in [3.63, 3.8) is 0 Å². The average molecular weight is 168 g/mol. The smallest absolute Gasteiger partial charge is 0.319 e. The topological polar surface area (TPSA) is 0 Å². The van der Waals surface area contributed by atoms with Crippen LogP contribution in [-0.2, 0) is 0 Å². The van der Waals surface area contributed by atoms with E-state index in [1.54, 1.807) is 0 Å². The van der Waals surface area contributed by atoms with Crippen molar-refractivity contribution < 1.29 is 103 Å². The molecule has 0 bridgehead atoms. The largest absolute Gasteiger partial charge is 1.00 e. The molecule has 0 unspecified atom stereocenters. The first kappa shape index (κ1) is 14.0. The molecule has 1 aromatic rings. The average Bonchev–Trinajstić information content (AvgIpc) is 1.69. The summed E-state index contributed by atoms with van der Waals surface area (Å²) in [5, 5.41) is 0. The van der Waals surface area contributed by atoms with Gasteiger partial charge in [0.05, 0.1) is 0 Å². The molecule has 0 heterocycles. The van der Waals surface area contributed by atoms with Crippen LogP contribution in [0.25, 0.3) is 0 Å². The van der Waals surface area contributed by atoms with Gasteiger partial charge in [-0.2, -0.15) is 0 Å². The molecule has 0 N–H and O–H groups in total. The van der Waals surface area contributed by atoms with Crippen LogP contribution in [0.15, 0.2) is 18.2 Å². The fourth-order valence-electron chi connectivity index (χ4n) is 0.436. The van der Waals surface area contributed by atoms with E-state index in [0.717, 1.165) is 5.56 Å². The zero-order valence-corrected chi connectivity index (χ0v) is 12.5. The minimum atomic E-state index is 0. The minimum absolute atomic E-state index is 0. The summed E-state index contributed by atoms with van der Waals surface area (Å²) >= 11 is 0. The molecule has 0 fully saturated rings. The summed E-state index contributed by atoms with van der Waals surface area (Å²) in [5.74, 6) is 0. The van der Waals surface area contributed by atoms with E-state index >= 15 is 0 Å². The van der Waals surface area contributed by atoms with Gasteiger partial charge in [0.15, 0.2) is 0 Å². The molecule has 0 aliphatic carbocycles. The van der Waals surface area contributed by atoms with Gasteiger partial charge in [-0.1, -0.05) is 0 Å². The van der Waals surface area contributed by atoms with Crippen LogP contribution in [0.2, 0.25) is 0 Å². The first-order valence-corrected chi connectivity index (χ1v) is 2.24. The van der Waals surface area contributed by atoms with Gasteiger partial charge in [0, 0.05) is 0 Å². The molecule has 0 aliphatic heterocycles. The van der Waals surface area contributed by atoms with Gasteiger partial charge in [-0.05, 0) is 0 Å². The summed E-state index contributed by atoms with van der Waals surface area (Å²) in [5.41, 5.74) is 1.14. The van der Waals surface area contributed by atoms with Crippen LogP contribution < -0.4 is 103 Å². The summed E-state index contributed by atoms with van der Waals surface area (Å²) in [7, 11) is 0. The number of hydrogen-bond donors (Lipinski definition) is 0. The van der Waals surface area contributed by atoms with Crippen LogP contribution in [0, 0.1) is 19.1 Å². The van der Waals surface area contributed by atoms with E-state index in [4.69, 9.17) is 0 Å². The van der Waals surface area contributed by atoms with Gasteiger partial charge in [0.1, 0.15) is 0 Å². The maximum absolute atomic E-state index is 3.00. The first-order valence-electron chi connectivity index (χ1n) is 2.24. The molecule has 36 valence electrons. The molecule has 0 saturated carbocycles. The van der Waals surface area contributed by atoms with Crippen molar-refractivity contribution in [2.75, 3.05) is 0 Å². The van der Waals surface area contributed by atoms with E-state index in [1.165, 1.54) is 0 Å². The Morgan fingerprint density at radius 3 is 2.11 bits per heavy atom. The van der Waals surface area contributed by atoms with E-state index in [2.05, 4.69) is 12.1 Å². The zero-order valence-electron chi connectivity index (χ0n) is 6.23. The fourth-order valence-corrected chi connectivity index (χ4v) is 0.436. The molecule has 0 atom stereocenters. The zero-order chi connectivity index (χ0) is 5.11. The quantitative estimate of drug-likeness (QED) is 0.271. The molecule has 9 heavy (non-hydrogen) atoms. The molecule has 0 amide bonds. The van der Waals surface area contributed by atoms with Crippen molar-refractivity contribution in [2.45, 2.75) is 6.92 Å². The van der Waals surface area contributed by atoms with Crippen molar-refractivity contribution in [1.82, 2.24) is 0 Å². The van der Waals surface area contributed by atoms with Crippen LogP contribution >= 0.6 is 0 Å². The van der Waals surface area contributed by atoms with Crippen LogP contribution in [-0.4, -0.2) is 0 Å². The second-order valence-corrected chi connectivity index (χ2v) is 1.47. The fraction of sp³-hybridized carbons (Fsp3) is 0.143. The van der Waals surface area contributed by atoms with Crippen LogP contribution in [0.1, 0.15) is 5.56 Å². The Balaban J connectivity index is 0. The van der Waals surface area contributed by atoms with Crippen LogP contribution in [0.5, 0.6) is 0 Å². The number of aryl methyl sites for hydroxylation is 1. The third-order valence-electron chi connectivity index (χ3n) is 0.790. The van der Waals surface area contributed by atoms with Crippen molar-refractivity contribution in [3.05, 3.63) is 35.9 Å². The molecule has 0 radical (unpaired) electrons. The Hall–Kier alpha value is 2.49. The van der Waals surface area contributed by atoms with E-state index in [9.17, 15) is 0 Å². The summed E-state index contributed by atoms with van der Waals surface area (Å²) in [6.07, 6.45) is 0. The van der Waals surface area contributed by atoms with Crippen molar-refractivity contribution in [3.8, 4) is 0 Å². The van der Waals surface area contributed by atoms with E-state index in [0.29, 0.717) is 0 Å². The Kier molecular flexibility index (Phi) is 13.4. The first-order chi connectivity index (χ1) is 3.39. The molecule has 0 saturated heterocycles. The molecule has 0 aromatic heterocycles. The molecule has 0 spiro atoms. The molecule has 0 aliphatic rings. The Bertz CT molecular complexity index is 137. The van der Waals surface area contributed by atoms with Crippen molar-refractivity contribution >= 4 is 0 Å². The van der Waals surface area contributed by atoms with Gasteiger partial charge in [-0.3, -0.25) is 23.8 Å². The summed E-state index contributed by atoms with van der Waals surface area (Å²) < 4.78 is 0. The van der Waals surface area contributed by atoms with Crippen molar-refractivity contribution in [1.29, 1.82) is 0 Å². The van der Waals surface area contributed by atoms with Gasteiger partial charge >= 0.3 is 103 Å². The maximum Gasteiger partial charge on any atom is 1.00 e. The van der Waals surface area contributed by atoms with E-state index < -0.39 is 0 Å². The van der Waals surface area contributed by atoms with Crippen LogP contribution in [0.4, 0.5) is 0 Å². The minimum Gasteiger partial charge on any atom is -0.319 e. The SMILES string of the molecule is Cc1[c-]cc[c-]c1.[K+].[K+]. The summed E-state index contributed by atoms with van der Waals surface area (Å²) in [4.78, 5) is 0. The van der Waals surface area contributed by atoms with Gasteiger partial charge in [-0.25, -0.2) is 0 Å². The number of rotatable bonds is 0. The predicted molar refractivity (Wildman–Crippen MR) is 28.9 cm³/mol. The predicted octanol–water partition coefficient (Wildman–Crippen LogP) is -4.40. The summed E-state index contributed by atoms with van der Waals surface area (Å²) in [6, 6.07) is 11.5. The Morgan fingerprint density at radius 1 is 1.22 bits per heavy atom. The number of hydrogen-bond acceptors (Lipinski definition) is 0. The second kappa shape index (κ2) is 8.59. The van der Waals surface area contributed by atoms with Gasteiger partial charge < -0.3 is 12.1 Å². The monoisotopic (exact) mass is 168 g/mol. The van der Waals surface area contributed by atoms with Gasteiger partial charge in [0.2, 0.25) is 0 Å². The van der Waals surface area contributed by atoms with Gasteiger partial charge in [-0.15, -0.1) is 6.92 Å². The van der Waals surface area contributed by atoms with Gasteiger partial charge in [0.25, 0.3) is 0 Å². The normalized spacial score (nSPS) is 6.78. The standard InChI is InChI=1S/C7H6.2K/c1-7-5-3-2-4-6-7;;/h2-3,6H,1H3;;/q-2;2*+1. The molecule has 2 heteroatoms.